The van der Waals surface area contributed by atoms with Crippen LogP contribution in [0.2, 0.25) is 0 Å². The fourth-order valence-corrected chi connectivity index (χ4v) is 5.07. The molecule has 3 aromatic heterocycles. The molecule has 3 N–H and O–H groups in total. The number of nitrogens with one attached hydrogen (secondary N) is 3. The minimum absolute atomic E-state index is 0.0759. The molecule has 0 aliphatic carbocycles. The van der Waals surface area contributed by atoms with Gasteiger partial charge in [-0.3, -0.25) is 4.79 Å². The molecular weight excluding hydrogens is 458 g/mol. The van der Waals surface area contributed by atoms with E-state index in [4.69, 9.17) is 4.42 Å². The van der Waals surface area contributed by atoms with Crippen LogP contribution in [0.15, 0.2) is 108 Å². The highest BCUT2D eigenvalue weighted by atomic mass is 16.3. The van der Waals surface area contributed by atoms with Gasteiger partial charge in [0, 0.05) is 51.9 Å². The van der Waals surface area contributed by atoms with E-state index in [2.05, 4.69) is 70.1 Å². The van der Waals surface area contributed by atoms with Gasteiger partial charge >= 0.3 is 0 Å². The van der Waals surface area contributed by atoms with Gasteiger partial charge in [-0.05, 0) is 66.4 Å². The van der Waals surface area contributed by atoms with E-state index in [1.807, 2.05) is 49.4 Å². The van der Waals surface area contributed by atoms with Crippen LogP contribution in [0.3, 0.4) is 0 Å². The molecule has 0 radical (unpaired) electrons. The van der Waals surface area contributed by atoms with Crippen molar-refractivity contribution in [3.63, 3.8) is 0 Å². The Labute approximate surface area is 214 Å². The van der Waals surface area contributed by atoms with Gasteiger partial charge in [-0.25, -0.2) is 0 Å². The summed E-state index contributed by atoms with van der Waals surface area (Å²) in [5.74, 6) is 1.34. The van der Waals surface area contributed by atoms with Crippen molar-refractivity contribution in [1.82, 2.24) is 9.97 Å². The Balaban J connectivity index is 1.36. The first-order chi connectivity index (χ1) is 18.2. The van der Waals surface area contributed by atoms with Crippen molar-refractivity contribution in [3.05, 3.63) is 132 Å². The molecule has 1 amide bonds. The average Bonchev–Trinajstić information content (AvgIpc) is 3.65. The van der Waals surface area contributed by atoms with Crippen LogP contribution in [0.1, 0.15) is 34.1 Å². The summed E-state index contributed by atoms with van der Waals surface area (Å²) in [4.78, 5) is 19.7. The molecule has 0 unspecified atom stereocenters. The fraction of sp³-hybridized carbons (Fsp3) is 0.0938. The summed E-state index contributed by atoms with van der Waals surface area (Å²) in [5, 5.41) is 5.48. The van der Waals surface area contributed by atoms with Crippen LogP contribution in [0.25, 0.3) is 27.9 Å². The lowest BCUT2D eigenvalue weighted by atomic mass is 9.85. The summed E-state index contributed by atoms with van der Waals surface area (Å²) in [7, 11) is 0. The van der Waals surface area contributed by atoms with Gasteiger partial charge < -0.3 is 19.7 Å². The largest absolute Gasteiger partial charge is 0.462 e. The summed E-state index contributed by atoms with van der Waals surface area (Å²) in [6, 6.07) is 28.5. The van der Waals surface area contributed by atoms with Gasteiger partial charge in [0.1, 0.15) is 11.5 Å². The van der Waals surface area contributed by atoms with Crippen molar-refractivity contribution in [2.24, 2.45) is 0 Å². The first-order valence-corrected chi connectivity index (χ1v) is 12.4. The lowest BCUT2D eigenvalue weighted by Crippen LogP contribution is -2.12. The molecule has 3 heterocycles. The molecule has 3 aromatic carbocycles. The zero-order valence-electron chi connectivity index (χ0n) is 20.5. The Morgan fingerprint density at radius 3 is 2.11 bits per heavy atom. The second kappa shape index (κ2) is 9.70. The third kappa shape index (κ3) is 4.59. The minimum atomic E-state index is -0.197. The number of carbonyl (C=O) groups is 1. The molecule has 0 saturated carbocycles. The molecule has 0 aliphatic rings. The standard InChI is InChI=1S/C32H27N3O2/c1-21-14-15-23(37-21)16-17-32(36)35-29-11-5-2-8-22(29)18-26(27-19-33-30-12-6-3-9-24(27)30)28-20-34-31-13-7-4-10-25(28)31/h2-17,19-20,26,33-34H,18H2,1H3,(H,35,36). The van der Waals surface area contributed by atoms with Crippen LogP contribution < -0.4 is 5.32 Å². The number of rotatable bonds is 7. The number of carbonyl (C=O) groups excluding carboxylic acids is 1. The van der Waals surface area contributed by atoms with E-state index >= 15 is 0 Å². The SMILES string of the molecule is Cc1ccc(C=CC(=O)Nc2ccccc2CC(c2c[nH]c3ccccc23)c2c[nH]c3ccccc23)o1. The second-order valence-corrected chi connectivity index (χ2v) is 9.26. The van der Waals surface area contributed by atoms with Gasteiger partial charge in [-0.1, -0.05) is 54.6 Å². The number of fused-ring (bicyclic) bond motifs is 2. The number of benzene rings is 3. The smallest absolute Gasteiger partial charge is 0.248 e. The van der Waals surface area contributed by atoms with Crippen molar-refractivity contribution in [3.8, 4) is 0 Å². The highest BCUT2D eigenvalue weighted by molar-refractivity contribution is 6.02. The highest BCUT2D eigenvalue weighted by Gasteiger charge is 2.23. The van der Waals surface area contributed by atoms with Gasteiger partial charge in [0.15, 0.2) is 0 Å². The Morgan fingerprint density at radius 1 is 0.838 bits per heavy atom. The predicted octanol–water partition coefficient (Wildman–Crippen LogP) is 7.58. The minimum Gasteiger partial charge on any atom is -0.462 e. The van der Waals surface area contributed by atoms with E-state index in [9.17, 15) is 4.79 Å². The average molecular weight is 486 g/mol. The quantitative estimate of drug-likeness (QED) is 0.204. The number of hydrogen-bond acceptors (Lipinski definition) is 2. The maximum atomic E-state index is 12.8. The molecule has 6 aromatic rings. The van der Waals surface area contributed by atoms with E-state index in [-0.39, 0.29) is 11.8 Å². The molecule has 0 fully saturated rings. The summed E-state index contributed by atoms with van der Waals surface area (Å²) >= 11 is 0. The molecule has 5 nitrogen and oxygen atoms in total. The zero-order chi connectivity index (χ0) is 25.2. The molecule has 0 saturated heterocycles. The molecule has 0 spiro atoms. The first-order valence-electron chi connectivity index (χ1n) is 12.4. The maximum absolute atomic E-state index is 12.8. The van der Waals surface area contributed by atoms with Crippen molar-refractivity contribution < 1.29 is 9.21 Å². The van der Waals surface area contributed by atoms with Gasteiger partial charge in [-0.2, -0.15) is 0 Å². The second-order valence-electron chi connectivity index (χ2n) is 9.26. The molecular formula is C32H27N3O2. The number of amides is 1. The summed E-state index contributed by atoms with van der Waals surface area (Å²) in [6.07, 6.45) is 8.15. The van der Waals surface area contributed by atoms with Gasteiger partial charge in [0.2, 0.25) is 5.91 Å². The molecule has 6 rings (SSSR count). The Hall–Kier alpha value is -4.77. The highest BCUT2D eigenvalue weighted by Crippen LogP contribution is 2.38. The number of H-pyrrole nitrogens is 2. The maximum Gasteiger partial charge on any atom is 0.248 e. The lowest BCUT2D eigenvalue weighted by molar-refractivity contribution is -0.111. The predicted molar refractivity (Wildman–Crippen MR) is 150 cm³/mol. The monoisotopic (exact) mass is 485 g/mol. The van der Waals surface area contributed by atoms with Crippen LogP contribution in [-0.2, 0) is 11.2 Å². The molecule has 0 bridgehead atoms. The summed E-state index contributed by atoms with van der Waals surface area (Å²) < 4.78 is 5.54. The molecule has 0 atom stereocenters. The molecule has 5 heteroatoms. The normalized spacial score (nSPS) is 11.7. The fourth-order valence-electron chi connectivity index (χ4n) is 5.07. The van der Waals surface area contributed by atoms with E-state index in [1.54, 1.807) is 6.08 Å². The van der Waals surface area contributed by atoms with Crippen molar-refractivity contribution in [1.29, 1.82) is 0 Å². The van der Waals surface area contributed by atoms with Crippen molar-refractivity contribution in [2.75, 3.05) is 5.32 Å². The van der Waals surface area contributed by atoms with E-state index in [1.165, 1.54) is 28.0 Å². The third-order valence-corrected chi connectivity index (χ3v) is 6.85. The lowest BCUT2D eigenvalue weighted by Gasteiger charge is -2.19. The van der Waals surface area contributed by atoms with Gasteiger partial charge in [-0.15, -0.1) is 0 Å². The van der Waals surface area contributed by atoms with Crippen LogP contribution in [0, 0.1) is 6.92 Å². The Kier molecular flexibility index (Phi) is 5.95. The summed E-state index contributed by atoms with van der Waals surface area (Å²) in [5.41, 5.74) is 6.56. The Bertz CT molecular complexity index is 1660. The van der Waals surface area contributed by atoms with Crippen LogP contribution in [0.4, 0.5) is 5.69 Å². The number of aromatic amines is 2. The number of anilines is 1. The van der Waals surface area contributed by atoms with Gasteiger partial charge in [0.05, 0.1) is 0 Å². The number of aromatic nitrogens is 2. The number of furan rings is 1. The van der Waals surface area contributed by atoms with Crippen LogP contribution >= 0.6 is 0 Å². The van der Waals surface area contributed by atoms with Crippen LogP contribution in [-0.4, -0.2) is 15.9 Å². The first kappa shape index (κ1) is 22.7. The number of aryl methyl sites for hydroxylation is 1. The van der Waals surface area contributed by atoms with E-state index < -0.39 is 0 Å². The van der Waals surface area contributed by atoms with Crippen molar-refractivity contribution in [2.45, 2.75) is 19.3 Å². The molecule has 182 valence electrons. The summed E-state index contributed by atoms with van der Waals surface area (Å²) in [6.45, 7) is 1.88. The molecule has 0 aliphatic heterocycles. The van der Waals surface area contributed by atoms with Crippen molar-refractivity contribution >= 4 is 39.5 Å². The van der Waals surface area contributed by atoms with Gasteiger partial charge in [0.25, 0.3) is 0 Å². The van der Waals surface area contributed by atoms with E-state index in [0.29, 0.717) is 5.76 Å². The Morgan fingerprint density at radius 2 is 1.46 bits per heavy atom. The number of hydrogen-bond donors (Lipinski definition) is 3. The topological polar surface area (TPSA) is 73.8 Å². The third-order valence-electron chi connectivity index (χ3n) is 6.85. The molecule has 37 heavy (non-hydrogen) atoms. The van der Waals surface area contributed by atoms with E-state index in [0.717, 1.165) is 34.5 Å². The zero-order valence-corrected chi connectivity index (χ0v) is 20.5. The van der Waals surface area contributed by atoms with Crippen LogP contribution in [0.5, 0.6) is 0 Å². The number of para-hydroxylation sites is 3.